The Kier molecular flexibility index (Phi) is 8.72. The van der Waals surface area contributed by atoms with Crippen LogP contribution < -0.4 is 0 Å². The second kappa shape index (κ2) is 9.19. The third-order valence-electron chi connectivity index (χ3n) is 2.86. The summed E-state index contributed by atoms with van der Waals surface area (Å²) in [4.78, 5) is 12.9. The summed E-state index contributed by atoms with van der Waals surface area (Å²) in [6.45, 7) is 8.39. The van der Waals surface area contributed by atoms with Gasteiger partial charge in [0.15, 0.2) is 0 Å². The molecule has 0 aromatic heterocycles. The van der Waals surface area contributed by atoms with E-state index in [1.165, 1.54) is 6.08 Å². The van der Waals surface area contributed by atoms with E-state index in [0.717, 1.165) is 25.0 Å². The summed E-state index contributed by atoms with van der Waals surface area (Å²) < 4.78 is 5.10. The molecule has 0 rings (SSSR count). The molecule has 0 aliphatic heterocycles. The zero-order valence-electron chi connectivity index (χ0n) is 11.4. The second-order valence-electron chi connectivity index (χ2n) is 4.26. The van der Waals surface area contributed by atoms with Gasteiger partial charge in [-0.3, -0.25) is 4.90 Å². The molecule has 4 nitrogen and oxygen atoms in total. The summed E-state index contributed by atoms with van der Waals surface area (Å²) in [7, 11) is 1.69. The molecular weight excluding hydrogens is 218 g/mol. The van der Waals surface area contributed by atoms with Crippen molar-refractivity contribution in [2.45, 2.75) is 39.7 Å². The Hall–Kier alpha value is -0.870. The third-order valence-corrected chi connectivity index (χ3v) is 2.86. The summed E-state index contributed by atoms with van der Waals surface area (Å²) in [5.74, 6) is -0.876. The Morgan fingerprint density at radius 2 is 2.00 bits per heavy atom. The van der Waals surface area contributed by atoms with Crippen molar-refractivity contribution in [1.29, 1.82) is 0 Å². The van der Waals surface area contributed by atoms with Gasteiger partial charge in [0.1, 0.15) is 0 Å². The van der Waals surface area contributed by atoms with Crippen LogP contribution in [-0.4, -0.2) is 48.8 Å². The lowest BCUT2D eigenvalue weighted by Crippen LogP contribution is -2.38. The number of hydrogen-bond donors (Lipinski definition) is 1. The number of carboxylic acids is 1. The molecule has 0 saturated carbocycles. The number of carboxylic acid groups (broad SMARTS) is 1. The van der Waals surface area contributed by atoms with Gasteiger partial charge in [0, 0.05) is 32.3 Å². The molecular formula is C13H25NO3. The van der Waals surface area contributed by atoms with Crippen LogP contribution >= 0.6 is 0 Å². The van der Waals surface area contributed by atoms with Gasteiger partial charge in [-0.1, -0.05) is 19.4 Å². The van der Waals surface area contributed by atoms with Gasteiger partial charge >= 0.3 is 5.97 Å². The predicted molar refractivity (Wildman–Crippen MR) is 69.2 cm³/mol. The summed E-state index contributed by atoms with van der Waals surface area (Å²) >= 11 is 0. The van der Waals surface area contributed by atoms with Crippen LogP contribution in [0.25, 0.3) is 0 Å². The number of aliphatic carboxylic acids is 1. The van der Waals surface area contributed by atoms with Crippen molar-refractivity contribution in [2.75, 3.05) is 26.8 Å². The third kappa shape index (κ3) is 7.13. The first-order chi connectivity index (χ1) is 8.04. The lowest BCUT2D eigenvalue weighted by atomic mass is 10.1. The van der Waals surface area contributed by atoms with Crippen LogP contribution in [0.3, 0.4) is 0 Å². The molecule has 17 heavy (non-hydrogen) atoms. The van der Waals surface area contributed by atoms with Crippen LogP contribution in [0.5, 0.6) is 0 Å². The number of rotatable bonds is 9. The van der Waals surface area contributed by atoms with Crippen molar-refractivity contribution < 1.29 is 14.6 Å². The number of ether oxygens (including phenoxy) is 1. The van der Waals surface area contributed by atoms with E-state index in [-0.39, 0.29) is 0 Å². The van der Waals surface area contributed by atoms with Crippen molar-refractivity contribution >= 4 is 5.97 Å². The highest BCUT2D eigenvalue weighted by Gasteiger charge is 2.15. The van der Waals surface area contributed by atoms with E-state index in [4.69, 9.17) is 9.84 Å². The fraction of sp³-hybridized carbons (Fsp3) is 0.769. The molecule has 0 bridgehead atoms. The highest BCUT2D eigenvalue weighted by molar-refractivity contribution is 5.80. The molecule has 0 unspecified atom stereocenters. The van der Waals surface area contributed by atoms with Gasteiger partial charge in [-0.05, 0) is 19.8 Å². The molecule has 0 aromatic carbocycles. The van der Waals surface area contributed by atoms with E-state index < -0.39 is 5.97 Å². The van der Waals surface area contributed by atoms with Gasteiger partial charge in [0.05, 0.1) is 6.61 Å². The van der Waals surface area contributed by atoms with Crippen LogP contribution in [0, 0.1) is 0 Å². The molecule has 0 aromatic rings. The minimum Gasteiger partial charge on any atom is -0.478 e. The number of carbonyl (C=O) groups is 1. The maximum atomic E-state index is 10.6. The van der Waals surface area contributed by atoms with Crippen molar-refractivity contribution in [3.63, 3.8) is 0 Å². The summed E-state index contributed by atoms with van der Waals surface area (Å²) in [6.07, 6.45) is 3.42. The average molecular weight is 243 g/mol. The molecule has 1 N–H and O–H groups in total. The molecule has 0 amide bonds. The van der Waals surface area contributed by atoms with Gasteiger partial charge in [-0.25, -0.2) is 4.79 Å². The van der Waals surface area contributed by atoms with E-state index in [1.807, 2.05) is 6.92 Å². The molecule has 0 aliphatic rings. The second-order valence-corrected chi connectivity index (χ2v) is 4.26. The van der Waals surface area contributed by atoms with E-state index in [1.54, 1.807) is 7.11 Å². The smallest absolute Gasteiger partial charge is 0.328 e. The van der Waals surface area contributed by atoms with Crippen LogP contribution in [0.15, 0.2) is 11.6 Å². The van der Waals surface area contributed by atoms with Crippen LogP contribution in [0.4, 0.5) is 0 Å². The zero-order chi connectivity index (χ0) is 13.3. The molecule has 0 heterocycles. The Bertz CT molecular complexity index is 247. The van der Waals surface area contributed by atoms with Crippen molar-refractivity contribution in [2.24, 2.45) is 0 Å². The summed E-state index contributed by atoms with van der Waals surface area (Å²) in [5, 5.41) is 8.71. The maximum absolute atomic E-state index is 10.6. The SMILES string of the molecule is CCC(CC)N(CCOC)C/C(C)=C/C(=O)O. The van der Waals surface area contributed by atoms with E-state index in [0.29, 0.717) is 19.2 Å². The van der Waals surface area contributed by atoms with Gasteiger partial charge < -0.3 is 9.84 Å². The first kappa shape index (κ1) is 16.1. The summed E-state index contributed by atoms with van der Waals surface area (Å²) in [5.41, 5.74) is 0.875. The number of hydrogen-bond acceptors (Lipinski definition) is 3. The fourth-order valence-electron chi connectivity index (χ4n) is 1.98. The highest BCUT2D eigenvalue weighted by Crippen LogP contribution is 2.10. The average Bonchev–Trinajstić information content (AvgIpc) is 2.26. The first-order valence-electron chi connectivity index (χ1n) is 6.18. The van der Waals surface area contributed by atoms with Crippen molar-refractivity contribution in [3.8, 4) is 0 Å². The minimum atomic E-state index is -0.876. The van der Waals surface area contributed by atoms with Gasteiger partial charge in [-0.2, -0.15) is 0 Å². The minimum absolute atomic E-state index is 0.488. The van der Waals surface area contributed by atoms with Gasteiger partial charge in [0.2, 0.25) is 0 Å². The molecule has 0 aliphatic carbocycles. The molecule has 0 spiro atoms. The zero-order valence-corrected chi connectivity index (χ0v) is 11.4. The Balaban J connectivity index is 4.51. The Morgan fingerprint density at radius 1 is 1.41 bits per heavy atom. The van der Waals surface area contributed by atoms with E-state index in [9.17, 15) is 4.79 Å². The van der Waals surface area contributed by atoms with Gasteiger partial charge in [0.25, 0.3) is 0 Å². The topological polar surface area (TPSA) is 49.8 Å². The maximum Gasteiger partial charge on any atom is 0.328 e. The normalized spacial score (nSPS) is 12.5. The number of nitrogens with zero attached hydrogens (tertiary/aromatic N) is 1. The monoisotopic (exact) mass is 243 g/mol. The molecule has 0 fully saturated rings. The van der Waals surface area contributed by atoms with E-state index >= 15 is 0 Å². The molecule has 0 radical (unpaired) electrons. The number of methoxy groups -OCH3 is 1. The van der Waals surface area contributed by atoms with Crippen LogP contribution in [0.2, 0.25) is 0 Å². The Labute approximate surface area is 104 Å². The predicted octanol–water partition coefficient (Wildman–Crippen LogP) is 2.15. The standard InChI is InChI=1S/C13H25NO3/c1-5-12(6-2)14(7-8-17-4)10-11(3)9-13(15)16/h9,12H,5-8,10H2,1-4H3,(H,15,16)/b11-9+. The fourth-order valence-corrected chi connectivity index (χ4v) is 1.98. The van der Waals surface area contributed by atoms with Crippen molar-refractivity contribution in [1.82, 2.24) is 4.90 Å². The first-order valence-corrected chi connectivity index (χ1v) is 6.18. The van der Waals surface area contributed by atoms with Gasteiger partial charge in [-0.15, -0.1) is 0 Å². The largest absolute Gasteiger partial charge is 0.478 e. The van der Waals surface area contributed by atoms with Crippen LogP contribution in [-0.2, 0) is 9.53 Å². The van der Waals surface area contributed by atoms with Crippen LogP contribution in [0.1, 0.15) is 33.6 Å². The summed E-state index contributed by atoms with van der Waals surface area (Å²) in [6, 6.07) is 0.488. The lowest BCUT2D eigenvalue weighted by molar-refractivity contribution is -0.131. The molecule has 0 saturated heterocycles. The van der Waals surface area contributed by atoms with Crippen molar-refractivity contribution in [3.05, 3.63) is 11.6 Å². The molecule has 4 heteroatoms. The highest BCUT2D eigenvalue weighted by atomic mass is 16.5. The van der Waals surface area contributed by atoms with E-state index in [2.05, 4.69) is 18.7 Å². The lowest BCUT2D eigenvalue weighted by Gasteiger charge is -2.30. The Morgan fingerprint density at radius 3 is 2.41 bits per heavy atom. The quantitative estimate of drug-likeness (QED) is 0.630. The molecule has 100 valence electrons. The molecule has 0 atom stereocenters.